The standard InChI is InChI=1S/C14H12BrF3N2O3S/c1-9-2-3-13(23-8-14(16,17)18)12(4-9)20-24(21,22)11-5-10(15)6-19-7-11/h2-7,20H,8H2,1H3. The molecule has 0 atom stereocenters. The topological polar surface area (TPSA) is 68.3 Å². The number of ether oxygens (including phenoxy) is 1. The van der Waals surface area contributed by atoms with Crippen LogP contribution in [0.2, 0.25) is 0 Å². The van der Waals surface area contributed by atoms with E-state index >= 15 is 0 Å². The average Bonchev–Trinajstić information content (AvgIpc) is 2.45. The molecule has 1 aromatic carbocycles. The first-order chi connectivity index (χ1) is 11.1. The molecule has 1 heterocycles. The van der Waals surface area contributed by atoms with Gasteiger partial charge >= 0.3 is 6.18 Å². The van der Waals surface area contributed by atoms with Crippen LogP contribution in [0.1, 0.15) is 5.56 Å². The minimum absolute atomic E-state index is 0.0841. The molecule has 10 heteroatoms. The van der Waals surface area contributed by atoms with E-state index in [0.29, 0.717) is 10.0 Å². The summed E-state index contributed by atoms with van der Waals surface area (Å²) in [5, 5.41) is 0. The first-order valence-corrected chi connectivity index (χ1v) is 8.78. The van der Waals surface area contributed by atoms with Crippen molar-refractivity contribution in [2.45, 2.75) is 18.0 Å². The predicted molar refractivity (Wildman–Crippen MR) is 85.5 cm³/mol. The van der Waals surface area contributed by atoms with Crippen LogP contribution >= 0.6 is 15.9 Å². The summed E-state index contributed by atoms with van der Waals surface area (Å²) in [4.78, 5) is 3.62. The predicted octanol–water partition coefficient (Wildman–Crippen LogP) is 3.89. The van der Waals surface area contributed by atoms with E-state index in [9.17, 15) is 21.6 Å². The molecule has 0 unspecified atom stereocenters. The molecule has 0 saturated heterocycles. The number of alkyl halides is 3. The highest BCUT2D eigenvalue weighted by Gasteiger charge is 2.29. The summed E-state index contributed by atoms with van der Waals surface area (Å²) < 4.78 is 69.1. The van der Waals surface area contributed by atoms with E-state index in [-0.39, 0.29) is 16.3 Å². The van der Waals surface area contributed by atoms with Crippen LogP contribution in [0, 0.1) is 6.92 Å². The maximum Gasteiger partial charge on any atom is 0.422 e. The fraction of sp³-hybridized carbons (Fsp3) is 0.214. The summed E-state index contributed by atoms with van der Waals surface area (Å²) in [5.74, 6) is -0.218. The highest BCUT2D eigenvalue weighted by atomic mass is 79.9. The van der Waals surface area contributed by atoms with E-state index in [1.54, 1.807) is 6.92 Å². The second-order valence-corrected chi connectivity index (χ2v) is 7.45. The lowest BCUT2D eigenvalue weighted by Crippen LogP contribution is -2.20. The van der Waals surface area contributed by atoms with Gasteiger partial charge in [-0.15, -0.1) is 0 Å². The van der Waals surface area contributed by atoms with Gasteiger partial charge in [-0.2, -0.15) is 13.2 Å². The fourth-order valence-corrected chi connectivity index (χ4v) is 3.32. The second kappa shape index (κ2) is 6.98. The Kier molecular flexibility index (Phi) is 5.38. The molecule has 0 amide bonds. The quantitative estimate of drug-likeness (QED) is 0.790. The normalized spacial score (nSPS) is 12.0. The van der Waals surface area contributed by atoms with Crippen molar-refractivity contribution in [2.75, 3.05) is 11.3 Å². The third-order valence-electron chi connectivity index (χ3n) is 2.76. The molecule has 0 aliphatic rings. The lowest BCUT2D eigenvalue weighted by Gasteiger charge is -2.15. The summed E-state index contributed by atoms with van der Waals surface area (Å²) in [5.41, 5.74) is 0.568. The lowest BCUT2D eigenvalue weighted by molar-refractivity contribution is -0.153. The van der Waals surface area contributed by atoms with Gasteiger partial charge in [-0.05, 0) is 46.6 Å². The summed E-state index contributed by atoms with van der Waals surface area (Å²) in [6, 6.07) is 5.50. The summed E-state index contributed by atoms with van der Waals surface area (Å²) in [6.45, 7) is 0.148. The monoisotopic (exact) mass is 424 g/mol. The van der Waals surface area contributed by atoms with E-state index in [2.05, 4.69) is 30.4 Å². The van der Waals surface area contributed by atoms with Crippen LogP contribution in [0.5, 0.6) is 5.75 Å². The zero-order chi connectivity index (χ0) is 18.0. The molecule has 2 aromatic rings. The fourth-order valence-electron chi connectivity index (χ4n) is 1.75. The number of anilines is 1. The Balaban J connectivity index is 2.32. The third-order valence-corrected chi connectivity index (χ3v) is 4.53. The van der Waals surface area contributed by atoms with E-state index in [1.807, 2.05) is 0 Å². The molecule has 0 fully saturated rings. The maximum absolute atomic E-state index is 12.4. The van der Waals surface area contributed by atoms with Gasteiger partial charge in [-0.3, -0.25) is 9.71 Å². The van der Waals surface area contributed by atoms with Crippen LogP contribution in [-0.2, 0) is 10.0 Å². The molecule has 0 spiro atoms. The molecule has 0 bridgehead atoms. The van der Waals surface area contributed by atoms with E-state index in [4.69, 9.17) is 0 Å². The van der Waals surface area contributed by atoms with Crippen molar-refractivity contribution in [2.24, 2.45) is 0 Å². The van der Waals surface area contributed by atoms with Crippen LogP contribution < -0.4 is 9.46 Å². The Morgan fingerprint density at radius 3 is 2.58 bits per heavy atom. The van der Waals surface area contributed by atoms with Gasteiger partial charge in [0.1, 0.15) is 10.6 Å². The summed E-state index contributed by atoms with van der Waals surface area (Å²) in [6.07, 6.45) is -2.00. The van der Waals surface area contributed by atoms with Crippen LogP contribution in [0.15, 0.2) is 46.0 Å². The first-order valence-electron chi connectivity index (χ1n) is 6.50. The Morgan fingerprint density at radius 2 is 1.96 bits per heavy atom. The van der Waals surface area contributed by atoms with Gasteiger partial charge in [-0.1, -0.05) is 6.07 Å². The second-order valence-electron chi connectivity index (χ2n) is 4.85. The van der Waals surface area contributed by atoms with Crippen molar-refractivity contribution >= 4 is 31.6 Å². The number of rotatable bonds is 5. The third kappa shape index (κ3) is 5.10. The summed E-state index contributed by atoms with van der Waals surface area (Å²) in [7, 11) is -4.03. The van der Waals surface area contributed by atoms with Gasteiger partial charge in [0.15, 0.2) is 6.61 Å². The molecule has 0 aliphatic carbocycles. The molecule has 130 valence electrons. The van der Waals surface area contributed by atoms with Crippen molar-refractivity contribution in [1.82, 2.24) is 4.98 Å². The van der Waals surface area contributed by atoms with Gasteiger partial charge in [0, 0.05) is 16.9 Å². The van der Waals surface area contributed by atoms with Gasteiger partial charge < -0.3 is 4.74 Å². The van der Waals surface area contributed by atoms with Crippen LogP contribution in [0.3, 0.4) is 0 Å². The Hall–Kier alpha value is -1.81. The van der Waals surface area contributed by atoms with Gasteiger partial charge in [0.25, 0.3) is 10.0 Å². The number of hydrogen-bond donors (Lipinski definition) is 1. The Morgan fingerprint density at radius 1 is 1.25 bits per heavy atom. The van der Waals surface area contributed by atoms with Crippen LogP contribution in [0.25, 0.3) is 0 Å². The molecular formula is C14H12BrF3N2O3S. The molecular weight excluding hydrogens is 413 g/mol. The number of halogens is 4. The first kappa shape index (κ1) is 18.5. The largest absolute Gasteiger partial charge is 0.482 e. The molecule has 1 N–H and O–H groups in total. The van der Waals surface area contributed by atoms with Crippen molar-refractivity contribution < 1.29 is 26.3 Å². The highest BCUT2D eigenvalue weighted by molar-refractivity contribution is 9.10. The van der Waals surface area contributed by atoms with E-state index in [1.165, 1.54) is 30.5 Å². The number of benzene rings is 1. The number of pyridine rings is 1. The maximum atomic E-state index is 12.4. The van der Waals surface area contributed by atoms with Gasteiger partial charge in [0.05, 0.1) is 5.69 Å². The van der Waals surface area contributed by atoms with E-state index in [0.717, 1.165) is 6.20 Å². The number of hydrogen-bond acceptors (Lipinski definition) is 4. The minimum Gasteiger partial charge on any atom is -0.482 e. The smallest absolute Gasteiger partial charge is 0.422 e. The number of nitrogens with one attached hydrogen (secondary N) is 1. The number of aryl methyl sites for hydroxylation is 1. The van der Waals surface area contributed by atoms with Gasteiger partial charge in [0.2, 0.25) is 0 Å². The van der Waals surface area contributed by atoms with Crippen molar-refractivity contribution in [1.29, 1.82) is 0 Å². The SMILES string of the molecule is Cc1ccc(OCC(F)(F)F)c(NS(=O)(=O)c2cncc(Br)c2)c1. The number of sulfonamides is 1. The van der Waals surface area contributed by atoms with Crippen molar-refractivity contribution in [3.05, 3.63) is 46.7 Å². The Labute approximate surface area is 145 Å². The summed E-state index contributed by atoms with van der Waals surface area (Å²) >= 11 is 3.11. The van der Waals surface area contributed by atoms with Crippen LogP contribution in [-0.4, -0.2) is 26.2 Å². The molecule has 0 saturated carbocycles. The molecule has 5 nitrogen and oxygen atoms in total. The molecule has 2 rings (SSSR count). The van der Waals surface area contributed by atoms with Crippen LogP contribution in [0.4, 0.5) is 18.9 Å². The highest BCUT2D eigenvalue weighted by Crippen LogP contribution is 2.30. The molecule has 0 radical (unpaired) electrons. The Bertz CT molecular complexity index is 841. The minimum atomic E-state index is -4.53. The molecule has 0 aliphatic heterocycles. The molecule has 1 aromatic heterocycles. The van der Waals surface area contributed by atoms with Crippen molar-refractivity contribution in [3.63, 3.8) is 0 Å². The van der Waals surface area contributed by atoms with E-state index < -0.39 is 22.8 Å². The average molecular weight is 425 g/mol. The number of aromatic nitrogens is 1. The zero-order valence-corrected chi connectivity index (χ0v) is 14.7. The lowest BCUT2D eigenvalue weighted by atomic mass is 10.2. The number of nitrogens with zero attached hydrogens (tertiary/aromatic N) is 1. The zero-order valence-electron chi connectivity index (χ0n) is 12.3. The van der Waals surface area contributed by atoms with Crippen molar-refractivity contribution in [3.8, 4) is 5.75 Å². The molecule has 24 heavy (non-hydrogen) atoms. The van der Waals surface area contributed by atoms with Gasteiger partial charge in [-0.25, -0.2) is 8.42 Å².